The van der Waals surface area contributed by atoms with E-state index in [9.17, 15) is 113 Å². The fraction of sp³-hybridized carbons (Fsp3) is 0. The van der Waals surface area contributed by atoms with Crippen LogP contribution in [0.1, 0.15) is 82.9 Å². The first-order valence-electron chi connectivity index (χ1n) is 20.0. The van der Waals surface area contributed by atoms with E-state index in [-0.39, 0.29) is 0 Å². The number of nitrogens with one attached hydrogen (secondary N) is 4. The van der Waals surface area contributed by atoms with Gasteiger partial charge in [-0.3, -0.25) is 18.9 Å². The van der Waals surface area contributed by atoms with E-state index >= 15 is 0 Å². The maximum absolute atomic E-state index is 14.7. The third kappa shape index (κ3) is 12.3. The molecule has 0 spiro atoms. The van der Waals surface area contributed by atoms with E-state index in [1.807, 2.05) is 18.9 Å². The van der Waals surface area contributed by atoms with Crippen molar-refractivity contribution in [2.45, 2.75) is 19.6 Å². The molecule has 0 aromatic heterocycles. The maximum Gasteiger partial charge on any atom is 0.335 e. The predicted molar refractivity (Wildman–Crippen MR) is 257 cm³/mol. The number of carboxylic acids is 8. The Morgan fingerprint density at radius 2 is 0.447 bits per heavy atom. The number of anilines is 4. The molecule has 76 heavy (non-hydrogen) atoms. The molecule has 6 aromatic rings. The third-order valence-corrected chi connectivity index (χ3v) is 15.7. The number of aromatic carboxylic acids is 8. The highest BCUT2D eigenvalue weighted by atomic mass is 32.2. The predicted octanol–water partition coefficient (Wildman–Crippen LogP) is 4.14. The van der Waals surface area contributed by atoms with Crippen molar-refractivity contribution in [1.82, 2.24) is 0 Å². The monoisotopic (exact) mass is 1130 g/mol. The van der Waals surface area contributed by atoms with E-state index in [0.29, 0.717) is 109 Å². The summed E-state index contributed by atoms with van der Waals surface area (Å²) < 4.78 is 122. The molecule has 0 saturated carbocycles. The summed E-state index contributed by atoms with van der Waals surface area (Å²) in [5, 5.41) is 76.9. The first-order chi connectivity index (χ1) is 35.2. The van der Waals surface area contributed by atoms with Crippen molar-refractivity contribution in [2.75, 3.05) is 18.9 Å². The van der Waals surface area contributed by atoms with Crippen LogP contribution < -0.4 is 18.9 Å². The van der Waals surface area contributed by atoms with Gasteiger partial charge in [0.15, 0.2) is 0 Å². The lowest BCUT2D eigenvalue weighted by Crippen LogP contribution is -2.20. The van der Waals surface area contributed by atoms with Gasteiger partial charge in [0.05, 0.1) is 86.8 Å². The molecule has 6 rings (SSSR count). The van der Waals surface area contributed by atoms with Gasteiger partial charge in [-0.25, -0.2) is 72.0 Å². The van der Waals surface area contributed by atoms with E-state index in [0.717, 1.165) is 0 Å². The highest BCUT2D eigenvalue weighted by Gasteiger charge is 2.32. The molecule has 0 saturated heterocycles. The van der Waals surface area contributed by atoms with Crippen molar-refractivity contribution in [3.05, 3.63) is 154 Å². The number of hydrogen-bond donors (Lipinski definition) is 12. The number of sulfonamides is 4. The second-order valence-electron chi connectivity index (χ2n) is 15.4. The molecule has 0 heterocycles. The lowest BCUT2D eigenvalue weighted by Gasteiger charge is -2.19. The molecule has 0 unspecified atom stereocenters. The Balaban J connectivity index is 1.66. The molecule has 0 bridgehead atoms. The van der Waals surface area contributed by atoms with Crippen molar-refractivity contribution < 1.29 is 113 Å². The highest BCUT2D eigenvalue weighted by molar-refractivity contribution is 7.94. The SMILES string of the molecule is O=C(O)c1cc(NS(=O)(=O)c2ccc(-c3ccc(S(=O)(=O)Nc4cc(C(=O)O)cc(C(=O)O)c4)cc3S(=O)(=O)Nc3cc(C(=O)O)cc(C(=O)O)c3)c(S(=O)(=O)Nc3cc(C(=O)O)cc(C(=O)O)c3)c2)cc(C(=O)O)c1. The standard InChI is InChI=1S/C44H30N4O24S4/c49-37(50)19-5-20(38(51)52)10-27(9-19)45-73(65,66)31-1-3-33(35(17-31)75(69,70)47-29-13-23(41(57)58)7-24(14-29)42(59)60)34-4-2-32(74(67,68)46-28-11-21(39(53)54)6-22(12-28)40(55)56)18-36(34)76(71,72)48-30-15-25(43(61)62)8-26(16-30)44(63)64/h1-18,45-48H,(H,49,50)(H,51,52)(H,53,54)(H,55,56)(H,57,58)(H,59,60)(H,61,62)(H,63,64). The maximum atomic E-state index is 14.7. The van der Waals surface area contributed by atoms with Gasteiger partial charge in [0.2, 0.25) is 0 Å². The van der Waals surface area contributed by atoms with Gasteiger partial charge in [-0.05, 0) is 97.1 Å². The van der Waals surface area contributed by atoms with Crippen LogP contribution in [-0.4, -0.2) is 122 Å². The van der Waals surface area contributed by atoms with E-state index in [1.54, 1.807) is 0 Å². The summed E-state index contributed by atoms with van der Waals surface area (Å²) in [6, 6.07) is 10.7. The average molecular weight is 1130 g/mol. The zero-order valence-corrected chi connectivity index (χ0v) is 40.4. The van der Waals surface area contributed by atoms with Crippen LogP contribution in [0.5, 0.6) is 0 Å². The molecule has 0 fully saturated rings. The summed E-state index contributed by atoms with van der Waals surface area (Å²) in [7, 11) is -21.6. The molecule has 394 valence electrons. The zero-order chi connectivity index (χ0) is 56.6. The molecule has 0 aliphatic carbocycles. The lowest BCUT2D eigenvalue weighted by atomic mass is 10.1. The van der Waals surface area contributed by atoms with E-state index in [4.69, 9.17) is 0 Å². The number of benzene rings is 6. The first-order valence-corrected chi connectivity index (χ1v) is 26.0. The Kier molecular flexibility index (Phi) is 15.0. The van der Waals surface area contributed by atoms with Crippen molar-refractivity contribution in [3.63, 3.8) is 0 Å². The number of rotatable bonds is 21. The Bertz CT molecular complexity index is 3660. The fourth-order valence-corrected chi connectivity index (χ4v) is 11.7. The van der Waals surface area contributed by atoms with Gasteiger partial charge < -0.3 is 40.9 Å². The van der Waals surface area contributed by atoms with Crippen LogP contribution in [-0.2, 0) is 40.1 Å². The number of carboxylic acid groups (broad SMARTS) is 8. The number of carbonyl (C=O) groups is 8. The minimum Gasteiger partial charge on any atom is -0.478 e. The molecule has 0 aliphatic rings. The minimum absolute atomic E-state index is 0.319. The van der Waals surface area contributed by atoms with E-state index in [1.165, 1.54) is 0 Å². The largest absolute Gasteiger partial charge is 0.478 e. The second-order valence-corrected chi connectivity index (χ2v) is 22.0. The second kappa shape index (κ2) is 20.5. The summed E-state index contributed by atoms with van der Waals surface area (Å²) in [6.45, 7) is 0. The fourth-order valence-electron chi connectivity index (χ4n) is 6.81. The molecule has 32 heteroatoms. The highest BCUT2D eigenvalue weighted by Crippen LogP contribution is 2.38. The molecular formula is C44H30N4O24S4. The van der Waals surface area contributed by atoms with Crippen molar-refractivity contribution >= 4 is 111 Å². The van der Waals surface area contributed by atoms with E-state index in [2.05, 4.69) is 0 Å². The van der Waals surface area contributed by atoms with Crippen LogP contribution >= 0.6 is 0 Å². The van der Waals surface area contributed by atoms with Crippen LogP contribution in [0.2, 0.25) is 0 Å². The molecule has 0 amide bonds. The minimum atomic E-state index is -5.58. The normalized spacial score (nSPS) is 11.6. The van der Waals surface area contributed by atoms with Crippen LogP contribution in [0.3, 0.4) is 0 Å². The Labute approximate surface area is 425 Å². The summed E-state index contributed by atoms with van der Waals surface area (Å²) in [5.41, 5.74) is -11.2. The van der Waals surface area contributed by atoms with Crippen LogP contribution in [0, 0.1) is 0 Å². The van der Waals surface area contributed by atoms with Gasteiger partial charge in [0.25, 0.3) is 40.1 Å². The quantitative estimate of drug-likeness (QED) is 0.0482. The Morgan fingerprint density at radius 1 is 0.263 bits per heavy atom. The van der Waals surface area contributed by atoms with Crippen LogP contribution in [0.15, 0.2) is 129 Å². The van der Waals surface area contributed by atoms with Crippen molar-refractivity contribution in [1.29, 1.82) is 0 Å². The van der Waals surface area contributed by atoms with Gasteiger partial charge in [-0.15, -0.1) is 0 Å². The van der Waals surface area contributed by atoms with Gasteiger partial charge in [-0.2, -0.15) is 0 Å². The van der Waals surface area contributed by atoms with E-state index < -0.39 is 186 Å². The third-order valence-electron chi connectivity index (χ3n) is 10.1. The topological polar surface area (TPSA) is 483 Å². The van der Waals surface area contributed by atoms with Gasteiger partial charge in [-0.1, -0.05) is 12.1 Å². The molecule has 0 atom stereocenters. The molecule has 28 nitrogen and oxygen atoms in total. The van der Waals surface area contributed by atoms with Crippen LogP contribution in [0.25, 0.3) is 11.1 Å². The Hall–Kier alpha value is -9.92. The smallest absolute Gasteiger partial charge is 0.335 e. The van der Waals surface area contributed by atoms with Crippen LogP contribution in [0.4, 0.5) is 22.7 Å². The first kappa shape index (κ1) is 55.4. The summed E-state index contributed by atoms with van der Waals surface area (Å²) in [4.78, 5) is 90.1. The molecule has 6 aromatic carbocycles. The molecule has 12 N–H and O–H groups in total. The molecular weight excluding hydrogens is 1100 g/mol. The summed E-state index contributed by atoms with van der Waals surface area (Å²) >= 11 is 0. The Morgan fingerprint density at radius 3 is 0.632 bits per heavy atom. The van der Waals surface area contributed by atoms with Gasteiger partial charge in [0.1, 0.15) is 0 Å². The summed E-state index contributed by atoms with van der Waals surface area (Å²) in [5.74, 6) is -14.0. The molecule has 0 radical (unpaired) electrons. The molecule has 0 aliphatic heterocycles. The van der Waals surface area contributed by atoms with Gasteiger partial charge in [0, 0.05) is 11.1 Å². The van der Waals surface area contributed by atoms with Crippen molar-refractivity contribution in [2.24, 2.45) is 0 Å². The average Bonchev–Trinajstić information content (AvgIpc) is 3.32. The van der Waals surface area contributed by atoms with Gasteiger partial charge >= 0.3 is 47.8 Å². The zero-order valence-electron chi connectivity index (χ0n) is 37.1. The number of hydrogen-bond acceptors (Lipinski definition) is 16. The summed E-state index contributed by atoms with van der Waals surface area (Å²) in [6.07, 6.45) is 0. The lowest BCUT2D eigenvalue weighted by molar-refractivity contribution is 0.0676. The van der Waals surface area contributed by atoms with Crippen molar-refractivity contribution in [3.8, 4) is 11.1 Å².